The topological polar surface area (TPSA) is 84.9 Å². The summed E-state index contributed by atoms with van der Waals surface area (Å²) in [7, 11) is 1.53. The number of aryl methyl sites for hydroxylation is 2. The molecule has 0 aliphatic carbocycles. The standard InChI is InChI=1S/C24H23IN2O5S/c1-5-8-32-22-18(25)10-16(11-19(22)31-4)12-20-23(29)27(24(30)33-20)13-21(28)26-17-7-6-14(2)15(3)9-17/h5-7,9-12H,1,8,13H2,2-4H3,(H,26,28)/b20-12-. The monoisotopic (exact) mass is 578 g/mol. The van der Waals surface area contributed by atoms with E-state index >= 15 is 0 Å². The van der Waals surface area contributed by atoms with Gasteiger partial charge in [-0.25, -0.2) is 0 Å². The minimum Gasteiger partial charge on any atom is -0.493 e. The van der Waals surface area contributed by atoms with Gasteiger partial charge in [-0.3, -0.25) is 19.3 Å². The van der Waals surface area contributed by atoms with Crippen molar-refractivity contribution in [1.82, 2.24) is 4.90 Å². The number of benzene rings is 2. The van der Waals surface area contributed by atoms with Crippen molar-refractivity contribution in [1.29, 1.82) is 0 Å². The summed E-state index contributed by atoms with van der Waals surface area (Å²) in [4.78, 5) is 38.9. The number of anilines is 1. The second-order valence-electron chi connectivity index (χ2n) is 7.25. The van der Waals surface area contributed by atoms with Gasteiger partial charge in [-0.2, -0.15) is 0 Å². The van der Waals surface area contributed by atoms with Crippen molar-refractivity contribution in [3.05, 3.63) is 68.2 Å². The highest BCUT2D eigenvalue weighted by Gasteiger charge is 2.36. The Bertz CT molecular complexity index is 1160. The van der Waals surface area contributed by atoms with E-state index in [9.17, 15) is 14.4 Å². The summed E-state index contributed by atoms with van der Waals surface area (Å²) in [5, 5.41) is 2.24. The maximum Gasteiger partial charge on any atom is 0.294 e. The number of ether oxygens (including phenoxy) is 2. The fourth-order valence-corrected chi connectivity index (χ4v) is 4.68. The molecule has 9 heteroatoms. The van der Waals surface area contributed by atoms with Gasteiger partial charge in [0.05, 0.1) is 15.6 Å². The number of hydrogen-bond acceptors (Lipinski definition) is 6. The lowest BCUT2D eigenvalue weighted by atomic mass is 10.1. The SMILES string of the molecule is C=CCOc1c(I)cc(/C=C2\SC(=O)N(CC(=O)Nc3ccc(C)c(C)c3)C2=O)cc1OC. The Labute approximate surface area is 210 Å². The lowest BCUT2D eigenvalue weighted by Crippen LogP contribution is -2.36. The van der Waals surface area contributed by atoms with E-state index in [0.29, 0.717) is 29.4 Å². The van der Waals surface area contributed by atoms with Crippen molar-refractivity contribution < 1.29 is 23.9 Å². The van der Waals surface area contributed by atoms with Crippen LogP contribution in [0.25, 0.3) is 6.08 Å². The maximum atomic E-state index is 12.8. The number of nitrogens with zero attached hydrogens (tertiary/aromatic N) is 1. The Balaban J connectivity index is 1.75. The van der Waals surface area contributed by atoms with Crippen molar-refractivity contribution >= 4 is 63.2 Å². The summed E-state index contributed by atoms with van der Waals surface area (Å²) in [5.41, 5.74) is 3.43. The van der Waals surface area contributed by atoms with E-state index in [1.54, 1.807) is 24.3 Å². The van der Waals surface area contributed by atoms with Crippen molar-refractivity contribution in [3.63, 3.8) is 0 Å². The van der Waals surface area contributed by atoms with E-state index in [0.717, 1.165) is 31.4 Å². The molecular formula is C24H23IN2O5S. The first-order valence-electron chi connectivity index (χ1n) is 9.97. The van der Waals surface area contributed by atoms with E-state index in [4.69, 9.17) is 9.47 Å². The van der Waals surface area contributed by atoms with Gasteiger partial charge in [0, 0.05) is 5.69 Å². The van der Waals surface area contributed by atoms with Crippen LogP contribution in [0.4, 0.5) is 10.5 Å². The minimum absolute atomic E-state index is 0.233. The van der Waals surface area contributed by atoms with Gasteiger partial charge >= 0.3 is 0 Å². The van der Waals surface area contributed by atoms with Gasteiger partial charge in [-0.05, 0) is 95.2 Å². The van der Waals surface area contributed by atoms with E-state index in [-0.39, 0.29) is 11.4 Å². The van der Waals surface area contributed by atoms with Crippen LogP contribution in [-0.4, -0.2) is 42.2 Å². The molecule has 1 fully saturated rings. The smallest absolute Gasteiger partial charge is 0.294 e. The van der Waals surface area contributed by atoms with E-state index < -0.39 is 17.1 Å². The molecule has 1 heterocycles. The highest BCUT2D eigenvalue weighted by molar-refractivity contribution is 14.1. The van der Waals surface area contributed by atoms with Gasteiger partial charge in [0.1, 0.15) is 13.2 Å². The molecule has 1 aliphatic heterocycles. The number of methoxy groups -OCH3 is 1. The molecule has 33 heavy (non-hydrogen) atoms. The first-order valence-corrected chi connectivity index (χ1v) is 11.9. The largest absolute Gasteiger partial charge is 0.493 e. The Morgan fingerprint density at radius 1 is 1.21 bits per heavy atom. The lowest BCUT2D eigenvalue weighted by Gasteiger charge is -2.13. The molecule has 2 aromatic carbocycles. The van der Waals surface area contributed by atoms with Crippen molar-refractivity contribution in [3.8, 4) is 11.5 Å². The van der Waals surface area contributed by atoms with E-state index in [1.807, 2.05) is 32.0 Å². The third-order valence-corrected chi connectivity index (χ3v) is 6.57. The van der Waals surface area contributed by atoms with Crippen LogP contribution in [0, 0.1) is 17.4 Å². The molecule has 3 rings (SSSR count). The molecule has 2 aromatic rings. The number of carbonyl (C=O) groups excluding carboxylic acids is 3. The molecular weight excluding hydrogens is 555 g/mol. The lowest BCUT2D eigenvalue weighted by molar-refractivity contribution is -0.127. The zero-order valence-corrected chi connectivity index (χ0v) is 21.4. The number of halogens is 1. The third-order valence-electron chi connectivity index (χ3n) is 4.86. The summed E-state index contributed by atoms with van der Waals surface area (Å²) in [6.45, 7) is 7.53. The molecule has 0 aromatic heterocycles. The number of rotatable bonds is 8. The van der Waals surface area contributed by atoms with Gasteiger partial charge in [0.25, 0.3) is 11.1 Å². The first kappa shape index (κ1) is 24.8. The molecule has 0 bridgehead atoms. The Hall–Kier alpha value is -2.79. The first-order chi connectivity index (χ1) is 15.7. The average molecular weight is 578 g/mol. The molecule has 3 amide bonds. The van der Waals surface area contributed by atoms with Gasteiger partial charge < -0.3 is 14.8 Å². The third kappa shape index (κ3) is 5.97. The summed E-state index contributed by atoms with van der Waals surface area (Å²) >= 11 is 2.91. The quantitative estimate of drug-likeness (QED) is 0.265. The average Bonchev–Trinajstić information content (AvgIpc) is 3.02. The molecule has 0 atom stereocenters. The van der Waals surface area contributed by atoms with Crippen LogP contribution in [-0.2, 0) is 9.59 Å². The van der Waals surface area contributed by atoms with Crippen LogP contribution in [0.2, 0.25) is 0 Å². The van der Waals surface area contributed by atoms with Gasteiger partial charge in [-0.15, -0.1) is 0 Å². The summed E-state index contributed by atoms with van der Waals surface area (Å²) < 4.78 is 11.8. The summed E-state index contributed by atoms with van der Waals surface area (Å²) in [6, 6.07) is 9.07. The number of thioether (sulfide) groups is 1. The fourth-order valence-electron chi connectivity index (χ4n) is 3.06. The normalized spacial score (nSPS) is 14.5. The second-order valence-corrected chi connectivity index (χ2v) is 9.40. The van der Waals surface area contributed by atoms with Crippen LogP contribution >= 0.6 is 34.4 Å². The number of amides is 3. The fraction of sp³-hybridized carbons (Fsp3) is 0.208. The zero-order valence-electron chi connectivity index (χ0n) is 18.4. The van der Waals surface area contributed by atoms with Gasteiger partial charge in [-0.1, -0.05) is 18.7 Å². The van der Waals surface area contributed by atoms with E-state index in [2.05, 4.69) is 34.5 Å². The zero-order chi connectivity index (χ0) is 24.1. The van der Waals surface area contributed by atoms with E-state index in [1.165, 1.54) is 7.11 Å². The summed E-state index contributed by atoms with van der Waals surface area (Å²) in [6.07, 6.45) is 3.24. The van der Waals surface area contributed by atoms with Crippen molar-refractivity contribution in [2.45, 2.75) is 13.8 Å². The number of hydrogen-bond donors (Lipinski definition) is 1. The summed E-state index contributed by atoms with van der Waals surface area (Å²) in [5.74, 6) is 0.121. The number of carbonyl (C=O) groups is 3. The van der Waals surface area contributed by atoms with Crippen molar-refractivity contribution in [2.75, 3.05) is 25.6 Å². The molecule has 172 valence electrons. The molecule has 0 saturated carbocycles. The Kier molecular flexibility index (Phi) is 8.20. The molecule has 0 radical (unpaired) electrons. The number of imide groups is 1. The molecule has 1 aliphatic rings. The van der Waals surface area contributed by atoms with Crippen LogP contribution in [0.15, 0.2) is 47.9 Å². The van der Waals surface area contributed by atoms with Crippen molar-refractivity contribution in [2.24, 2.45) is 0 Å². The van der Waals surface area contributed by atoms with Gasteiger partial charge in [0.15, 0.2) is 11.5 Å². The molecule has 1 saturated heterocycles. The van der Waals surface area contributed by atoms with Crippen LogP contribution in [0.5, 0.6) is 11.5 Å². The Morgan fingerprint density at radius 2 is 1.97 bits per heavy atom. The number of nitrogens with one attached hydrogen (secondary N) is 1. The highest BCUT2D eigenvalue weighted by Crippen LogP contribution is 2.37. The highest BCUT2D eigenvalue weighted by atomic mass is 127. The maximum absolute atomic E-state index is 12.8. The van der Waals surface area contributed by atoms with Crippen LogP contribution < -0.4 is 14.8 Å². The Morgan fingerprint density at radius 3 is 2.64 bits per heavy atom. The predicted molar refractivity (Wildman–Crippen MR) is 139 cm³/mol. The predicted octanol–water partition coefficient (Wildman–Crippen LogP) is 5.16. The molecule has 0 spiro atoms. The molecule has 1 N–H and O–H groups in total. The van der Waals surface area contributed by atoms with Crippen LogP contribution in [0.1, 0.15) is 16.7 Å². The second kappa shape index (κ2) is 10.9. The minimum atomic E-state index is -0.513. The van der Waals surface area contributed by atoms with Crippen LogP contribution in [0.3, 0.4) is 0 Å². The molecule has 0 unspecified atom stereocenters. The van der Waals surface area contributed by atoms with Gasteiger partial charge in [0.2, 0.25) is 5.91 Å². The molecule has 7 nitrogen and oxygen atoms in total.